The van der Waals surface area contributed by atoms with Gasteiger partial charge in [-0.05, 0) is 12.8 Å². The quantitative estimate of drug-likeness (QED) is 0.588. The molecule has 1 amide bonds. The molecule has 0 rings (SSSR count). The largest absolute Gasteiger partial charge is 0.356 e. The average molecular weight is 186 g/mol. The molecule has 0 bridgehead atoms. The van der Waals surface area contributed by atoms with Gasteiger partial charge in [-0.2, -0.15) is 0 Å². The van der Waals surface area contributed by atoms with Crippen molar-refractivity contribution >= 4 is 5.91 Å². The van der Waals surface area contributed by atoms with E-state index >= 15 is 0 Å². The second-order valence-corrected chi connectivity index (χ2v) is 3.37. The molecular weight excluding hydrogens is 164 g/mol. The van der Waals surface area contributed by atoms with Gasteiger partial charge in [0.25, 0.3) is 0 Å². The summed E-state index contributed by atoms with van der Waals surface area (Å²) in [7, 11) is 0. The first-order valence-corrected chi connectivity index (χ1v) is 5.24. The van der Waals surface area contributed by atoms with Crippen LogP contribution in [-0.4, -0.2) is 19.0 Å². The molecule has 0 spiro atoms. The zero-order chi connectivity index (χ0) is 10.1. The van der Waals surface area contributed by atoms with Crippen molar-refractivity contribution in [1.82, 2.24) is 5.32 Å². The lowest BCUT2D eigenvalue weighted by atomic mass is 10.0. The summed E-state index contributed by atoms with van der Waals surface area (Å²) in [5.41, 5.74) is 5.50. The molecule has 3 N–H and O–H groups in total. The zero-order valence-corrected chi connectivity index (χ0v) is 8.81. The Labute approximate surface area is 81.1 Å². The highest BCUT2D eigenvalue weighted by Gasteiger charge is 2.14. The maximum absolute atomic E-state index is 11.4. The van der Waals surface area contributed by atoms with Gasteiger partial charge in [-0.1, -0.05) is 26.7 Å². The van der Waals surface area contributed by atoms with Crippen LogP contribution >= 0.6 is 0 Å². The summed E-state index contributed by atoms with van der Waals surface area (Å²) in [6, 6.07) is 0. The van der Waals surface area contributed by atoms with Gasteiger partial charge in [0.05, 0.1) is 5.92 Å². The van der Waals surface area contributed by atoms with Crippen LogP contribution in [0.4, 0.5) is 0 Å². The zero-order valence-electron chi connectivity index (χ0n) is 8.81. The Hall–Kier alpha value is -0.570. The first-order chi connectivity index (χ1) is 6.26. The minimum atomic E-state index is 0.0156. The summed E-state index contributed by atoms with van der Waals surface area (Å²) < 4.78 is 0. The van der Waals surface area contributed by atoms with Crippen LogP contribution in [0.25, 0.3) is 0 Å². The maximum atomic E-state index is 11.4. The molecule has 0 aromatic heterocycles. The van der Waals surface area contributed by atoms with Gasteiger partial charge in [-0.3, -0.25) is 4.79 Å². The molecule has 78 valence electrons. The first-order valence-electron chi connectivity index (χ1n) is 5.24. The molecule has 1 atom stereocenters. The van der Waals surface area contributed by atoms with Crippen LogP contribution in [0.3, 0.4) is 0 Å². The molecule has 0 aliphatic rings. The van der Waals surface area contributed by atoms with Gasteiger partial charge < -0.3 is 11.1 Å². The van der Waals surface area contributed by atoms with Gasteiger partial charge in [0, 0.05) is 13.1 Å². The number of nitrogens with one attached hydrogen (secondary N) is 1. The number of carbonyl (C=O) groups excluding carboxylic acids is 1. The summed E-state index contributed by atoms with van der Waals surface area (Å²) in [6.45, 7) is 5.43. The predicted octanol–water partition coefficient (Wildman–Crippen LogP) is 1.28. The van der Waals surface area contributed by atoms with Crippen LogP contribution in [0, 0.1) is 5.92 Å². The third kappa shape index (κ3) is 5.64. The molecule has 0 heterocycles. The number of unbranched alkanes of at least 4 members (excludes halogenated alkanes) is 1. The Bertz CT molecular complexity index is 137. The minimum Gasteiger partial charge on any atom is -0.356 e. The van der Waals surface area contributed by atoms with Gasteiger partial charge in [0.2, 0.25) is 5.91 Å². The van der Waals surface area contributed by atoms with E-state index in [9.17, 15) is 4.79 Å². The van der Waals surface area contributed by atoms with Crippen LogP contribution in [0.5, 0.6) is 0 Å². The molecule has 0 saturated heterocycles. The van der Waals surface area contributed by atoms with E-state index in [1.54, 1.807) is 0 Å². The highest BCUT2D eigenvalue weighted by atomic mass is 16.1. The number of carbonyl (C=O) groups is 1. The van der Waals surface area contributed by atoms with Crippen molar-refractivity contribution < 1.29 is 4.79 Å². The van der Waals surface area contributed by atoms with Gasteiger partial charge in [-0.15, -0.1) is 0 Å². The summed E-state index contributed by atoms with van der Waals surface area (Å²) in [4.78, 5) is 11.4. The van der Waals surface area contributed by atoms with Gasteiger partial charge in [0.15, 0.2) is 0 Å². The SMILES string of the molecule is CCCCNC(=O)C(CN)CCC. The Morgan fingerprint density at radius 2 is 2.08 bits per heavy atom. The highest BCUT2D eigenvalue weighted by molar-refractivity contribution is 5.78. The Kier molecular flexibility index (Phi) is 7.69. The second kappa shape index (κ2) is 8.05. The molecule has 0 fully saturated rings. The second-order valence-electron chi connectivity index (χ2n) is 3.37. The molecule has 0 aromatic rings. The van der Waals surface area contributed by atoms with E-state index in [0.29, 0.717) is 6.54 Å². The molecule has 0 aliphatic heterocycles. The Balaban J connectivity index is 3.64. The summed E-state index contributed by atoms with van der Waals surface area (Å²) >= 11 is 0. The smallest absolute Gasteiger partial charge is 0.224 e. The third-order valence-corrected chi connectivity index (χ3v) is 2.12. The van der Waals surface area contributed by atoms with Crippen molar-refractivity contribution in [3.05, 3.63) is 0 Å². The van der Waals surface area contributed by atoms with Crippen molar-refractivity contribution in [2.45, 2.75) is 39.5 Å². The molecular formula is C10H22N2O. The molecule has 0 aliphatic carbocycles. The van der Waals surface area contributed by atoms with E-state index in [1.165, 1.54) is 0 Å². The lowest BCUT2D eigenvalue weighted by molar-refractivity contribution is -0.124. The van der Waals surface area contributed by atoms with Crippen LogP contribution < -0.4 is 11.1 Å². The Morgan fingerprint density at radius 3 is 2.54 bits per heavy atom. The standard InChI is InChI=1S/C10H22N2O/c1-3-5-7-12-10(13)9(8-11)6-4-2/h9H,3-8,11H2,1-2H3,(H,12,13). The number of amides is 1. The normalized spacial score (nSPS) is 12.5. The summed E-state index contributed by atoms with van der Waals surface area (Å²) in [6.07, 6.45) is 4.08. The number of hydrogen-bond donors (Lipinski definition) is 2. The van der Waals surface area contributed by atoms with Crippen LogP contribution in [0.15, 0.2) is 0 Å². The van der Waals surface area contributed by atoms with E-state index in [2.05, 4.69) is 19.2 Å². The van der Waals surface area contributed by atoms with Crippen LogP contribution in [0.1, 0.15) is 39.5 Å². The number of nitrogens with two attached hydrogens (primary N) is 1. The fourth-order valence-corrected chi connectivity index (χ4v) is 1.24. The van der Waals surface area contributed by atoms with Gasteiger partial charge in [0.1, 0.15) is 0 Å². The lowest BCUT2D eigenvalue weighted by Gasteiger charge is -2.13. The molecule has 0 saturated carbocycles. The Morgan fingerprint density at radius 1 is 1.38 bits per heavy atom. The highest BCUT2D eigenvalue weighted by Crippen LogP contribution is 2.04. The fourth-order valence-electron chi connectivity index (χ4n) is 1.24. The summed E-state index contributed by atoms with van der Waals surface area (Å²) in [5.74, 6) is 0.139. The van der Waals surface area contributed by atoms with E-state index in [0.717, 1.165) is 32.2 Å². The van der Waals surface area contributed by atoms with Crippen molar-refractivity contribution in [2.75, 3.05) is 13.1 Å². The summed E-state index contributed by atoms with van der Waals surface area (Å²) in [5, 5.41) is 2.90. The predicted molar refractivity (Wildman–Crippen MR) is 55.4 cm³/mol. The average Bonchev–Trinajstić information content (AvgIpc) is 2.14. The van der Waals surface area contributed by atoms with Crippen molar-refractivity contribution in [3.8, 4) is 0 Å². The van der Waals surface area contributed by atoms with Gasteiger partial charge >= 0.3 is 0 Å². The van der Waals surface area contributed by atoms with E-state index in [4.69, 9.17) is 5.73 Å². The molecule has 0 radical (unpaired) electrons. The van der Waals surface area contributed by atoms with Crippen molar-refractivity contribution in [3.63, 3.8) is 0 Å². The van der Waals surface area contributed by atoms with E-state index < -0.39 is 0 Å². The maximum Gasteiger partial charge on any atom is 0.224 e. The number of hydrogen-bond acceptors (Lipinski definition) is 2. The minimum absolute atomic E-state index is 0.0156. The van der Waals surface area contributed by atoms with Crippen LogP contribution in [0.2, 0.25) is 0 Å². The first kappa shape index (κ1) is 12.4. The topological polar surface area (TPSA) is 55.1 Å². The van der Waals surface area contributed by atoms with E-state index in [1.807, 2.05) is 0 Å². The molecule has 3 heteroatoms. The fraction of sp³-hybridized carbons (Fsp3) is 0.900. The molecule has 1 unspecified atom stereocenters. The van der Waals surface area contributed by atoms with Crippen LogP contribution in [-0.2, 0) is 4.79 Å². The molecule has 13 heavy (non-hydrogen) atoms. The lowest BCUT2D eigenvalue weighted by Crippen LogP contribution is -2.35. The third-order valence-electron chi connectivity index (χ3n) is 2.12. The van der Waals surface area contributed by atoms with Crippen molar-refractivity contribution in [1.29, 1.82) is 0 Å². The van der Waals surface area contributed by atoms with Crippen molar-refractivity contribution in [2.24, 2.45) is 11.7 Å². The van der Waals surface area contributed by atoms with E-state index in [-0.39, 0.29) is 11.8 Å². The molecule has 0 aromatic carbocycles. The molecule has 3 nitrogen and oxygen atoms in total. The monoisotopic (exact) mass is 186 g/mol. The number of rotatable bonds is 7. The van der Waals surface area contributed by atoms with Gasteiger partial charge in [-0.25, -0.2) is 0 Å².